The van der Waals surface area contributed by atoms with Gasteiger partial charge in [0, 0.05) is 23.5 Å². The van der Waals surface area contributed by atoms with Crippen molar-refractivity contribution in [1.29, 1.82) is 0 Å². The average Bonchev–Trinajstić information content (AvgIpc) is 3.01. The standard InChI is InChI=1S/C19H23N3O6S2/c1-11-12(2)29-19(16(11)17(20)23)21-18(24)13-4-5-14(27-3)15(10-13)30(25,26)22-6-8-28-9-7-22/h4-5,10H,6-9H2,1-3H3,(H2,20,23)(H,21,24). The summed E-state index contributed by atoms with van der Waals surface area (Å²) in [7, 11) is -2.52. The molecule has 1 aliphatic heterocycles. The van der Waals surface area contributed by atoms with Crippen LogP contribution < -0.4 is 15.8 Å². The van der Waals surface area contributed by atoms with E-state index in [9.17, 15) is 18.0 Å². The number of carbonyl (C=O) groups excluding carboxylic acids is 2. The first kappa shape index (κ1) is 22.2. The van der Waals surface area contributed by atoms with Crippen molar-refractivity contribution in [2.75, 3.05) is 38.7 Å². The number of amides is 2. The molecule has 1 aromatic carbocycles. The summed E-state index contributed by atoms with van der Waals surface area (Å²) in [4.78, 5) is 25.4. The zero-order valence-electron chi connectivity index (χ0n) is 16.9. The Morgan fingerprint density at radius 1 is 1.23 bits per heavy atom. The predicted molar refractivity (Wildman–Crippen MR) is 113 cm³/mol. The summed E-state index contributed by atoms with van der Waals surface area (Å²) in [6.07, 6.45) is 0. The summed E-state index contributed by atoms with van der Waals surface area (Å²) in [5, 5.41) is 3.00. The van der Waals surface area contributed by atoms with Crippen LogP contribution in [0.5, 0.6) is 5.75 Å². The molecule has 2 heterocycles. The van der Waals surface area contributed by atoms with Gasteiger partial charge in [0.1, 0.15) is 15.6 Å². The molecule has 1 saturated heterocycles. The molecule has 30 heavy (non-hydrogen) atoms. The number of carbonyl (C=O) groups is 2. The van der Waals surface area contributed by atoms with Gasteiger partial charge in [0.05, 0.1) is 25.9 Å². The lowest BCUT2D eigenvalue weighted by Gasteiger charge is -2.26. The molecule has 162 valence electrons. The Bertz CT molecular complexity index is 1090. The number of hydrogen-bond acceptors (Lipinski definition) is 7. The third kappa shape index (κ3) is 4.19. The Kier molecular flexibility index (Phi) is 6.46. The maximum absolute atomic E-state index is 13.1. The van der Waals surface area contributed by atoms with E-state index in [-0.39, 0.29) is 34.9 Å². The first-order valence-electron chi connectivity index (χ1n) is 9.14. The van der Waals surface area contributed by atoms with Crippen molar-refractivity contribution < 1.29 is 27.5 Å². The molecule has 1 aliphatic rings. The second-order valence-electron chi connectivity index (χ2n) is 6.69. The maximum Gasteiger partial charge on any atom is 0.256 e. The highest BCUT2D eigenvalue weighted by molar-refractivity contribution is 7.89. The van der Waals surface area contributed by atoms with Crippen molar-refractivity contribution in [3.8, 4) is 5.75 Å². The summed E-state index contributed by atoms with van der Waals surface area (Å²) in [6, 6.07) is 4.17. The highest BCUT2D eigenvalue weighted by atomic mass is 32.2. The van der Waals surface area contributed by atoms with Gasteiger partial charge in [-0.2, -0.15) is 4.31 Å². The van der Waals surface area contributed by atoms with Gasteiger partial charge in [-0.25, -0.2) is 8.42 Å². The number of nitrogens with two attached hydrogens (primary N) is 1. The van der Waals surface area contributed by atoms with Gasteiger partial charge in [-0.15, -0.1) is 11.3 Å². The van der Waals surface area contributed by atoms with Crippen molar-refractivity contribution in [2.24, 2.45) is 5.73 Å². The molecule has 0 atom stereocenters. The summed E-state index contributed by atoms with van der Waals surface area (Å²) in [6.45, 7) is 4.61. The number of thiophene rings is 1. The van der Waals surface area contributed by atoms with E-state index in [1.165, 1.54) is 41.0 Å². The Balaban J connectivity index is 1.96. The van der Waals surface area contributed by atoms with Gasteiger partial charge in [-0.1, -0.05) is 0 Å². The van der Waals surface area contributed by atoms with Gasteiger partial charge in [-0.3, -0.25) is 9.59 Å². The molecule has 0 saturated carbocycles. The van der Waals surface area contributed by atoms with E-state index in [4.69, 9.17) is 15.2 Å². The Labute approximate surface area is 178 Å². The zero-order chi connectivity index (χ0) is 22.1. The van der Waals surface area contributed by atoms with E-state index >= 15 is 0 Å². The van der Waals surface area contributed by atoms with Crippen LogP contribution in [0.15, 0.2) is 23.1 Å². The molecule has 0 spiro atoms. The molecule has 0 unspecified atom stereocenters. The quantitative estimate of drug-likeness (QED) is 0.686. The number of methoxy groups -OCH3 is 1. The van der Waals surface area contributed by atoms with Crippen LogP contribution in [0.2, 0.25) is 0 Å². The van der Waals surface area contributed by atoms with E-state index in [0.29, 0.717) is 23.8 Å². The minimum absolute atomic E-state index is 0.104. The van der Waals surface area contributed by atoms with Crippen LogP contribution in [0.1, 0.15) is 31.2 Å². The van der Waals surface area contributed by atoms with Crippen LogP contribution in [0.25, 0.3) is 0 Å². The molecular formula is C19H23N3O6S2. The topological polar surface area (TPSA) is 128 Å². The number of hydrogen-bond donors (Lipinski definition) is 2. The minimum Gasteiger partial charge on any atom is -0.495 e. The molecule has 3 rings (SSSR count). The van der Waals surface area contributed by atoms with Gasteiger partial charge in [-0.05, 0) is 37.6 Å². The van der Waals surface area contributed by atoms with Crippen molar-refractivity contribution >= 4 is 38.2 Å². The van der Waals surface area contributed by atoms with Crippen LogP contribution in [0, 0.1) is 13.8 Å². The molecule has 3 N–H and O–H groups in total. The van der Waals surface area contributed by atoms with E-state index < -0.39 is 21.8 Å². The highest BCUT2D eigenvalue weighted by Gasteiger charge is 2.30. The van der Waals surface area contributed by atoms with Crippen molar-refractivity contribution in [1.82, 2.24) is 4.31 Å². The van der Waals surface area contributed by atoms with Crippen LogP contribution >= 0.6 is 11.3 Å². The van der Waals surface area contributed by atoms with Gasteiger partial charge in [0.2, 0.25) is 10.0 Å². The lowest BCUT2D eigenvalue weighted by atomic mass is 10.1. The van der Waals surface area contributed by atoms with Gasteiger partial charge in [0.15, 0.2) is 0 Å². The molecule has 9 nitrogen and oxygen atoms in total. The van der Waals surface area contributed by atoms with E-state index in [1.807, 2.05) is 6.92 Å². The molecular weight excluding hydrogens is 430 g/mol. The van der Waals surface area contributed by atoms with E-state index in [2.05, 4.69) is 5.32 Å². The fourth-order valence-electron chi connectivity index (χ4n) is 3.13. The summed E-state index contributed by atoms with van der Waals surface area (Å²) in [5.41, 5.74) is 6.51. The SMILES string of the molecule is COc1ccc(C(=O)Nc2sc(C)c(C)c2C(N)=O)cc1S(=O)(=O)N1CCOCC1. The zero-order valence-corrected chi connectivity index (χ0v) is 18.5. The number of sulfonamides is 1. The second kappa shape index (κ2) is 8.72. The third-order valence-electron chi connectivity index (χ3n) is 4.87. The number of morpholine rings is 1. The lowest BCUT2D eigenvalue weighted by molar-refractivity contribution is 0.0729. The first-order valence-corrected chi connectivity index (χ1v) is 11.4. The largest absolute Gasteiger partial charge is 0.495 e. The van der Waals surface area contributed by atoms with E-state index in [1.54, 1.807) is 6.92 Å². The summed E-state index contributed by atoms with van der Waals surface area (Å²) in [5.74, 6) is -1.06. The molecule has 2 aromatic rings. The van der Waals surface area contributed by atoms with Crippen molar-refractivity contribution in [3.05, 3.63) is 39.8 Å². The third-order valence-corrected chi connectivity index (χ3v) is 7.91. The number of nitrogens with zero attached hydrogens (tertiary/aromatic N) is 1. The predicted octanol–water partition coefficient (Wildman–Crippen LogP) is 1.75. The number of benzene rings is 1. The summed E-state index contributed by atoms with van der Waals surface area (Å²) >= 11 is 1.23. The number of rotatable bonds is 6. The van der Waals surface area contributed by atoms with Crippen LogP contribution in [0.3, 0.4) is 0 Å². The van der Waals surface area contributed by atoms with Gasteiger partial charge >= 0.3 is 0 Å². The number of aryl methyl sites for hydroxylation is 1. The smallest absolute Gasteiger partial charge is 0.256 e. The summed E-state index contributed by atoms with van der Waals surface area (Å²) < 4.78 is 37.9. The number of anilines is 1. The van der Waals surface area contributed by atoms with Crippen LogP contribution in [-0.2, 0) is 14.8 Å². The molecule has 1 aromatic heterocycles. The van der Waals surface area contributed by atoms with Crippen molar-refractivity contribution in [3.63, 3.8) is 0 Å². The normalized spacial score (nSPS) is 15.0. The molecule has 1 fully saturated rings. The second-order valence-corrected chi connectivity index (χ2v) is 9.82. The molecule has 11 heteroatoms. The maximum atomic E-state index is 13.1. The van der Waals surface area contributed by atoms with Gasteiger partial charge in [0.25, 0.3) is 11.8 Å². The highest BCUT2D eigenvalue weighted by Crippen LogP contribution is 2.33. The average molecular weight is 454 g/mol. The molecule has 0 bridgehead atoms. The van der Waals surface area contributed by atoms with E-state index in [0.717, 1.165) is 4.88 Å². The monoisotopic (exact) mass is 453 g/mol. The van der Waals surface area contributed by atoms with Crippen molar-refractivity contribution in [2.45, 2.75) is 18.7 Å². The minimum atomic E-state index is -3.88. The van der Waals surface area contributed by atoms with Crippen LogP contribution in [-0.4, -0.2) is 58.0 Å². The Hall–Kier alpha value is -2.47. The molecule has 0 radical (unpaired) electrons. The fraction of sp³-hybridized carbons (Fsp3) is 0.368. The fourth-order valence-corrected chi connectivity index (χ4v) is 5.78. The molecule has 2 amide bonds. The first-order chi connectivity index (χ1) is 14.2. The molecule has 0 aliphatic carbocycles. The Morgan fingerprint density at radius 2 is 1.90 bits per heavy atom. The lowest BCUT2D eigenvalue weighted by Crippen LogP contribution is -2.40. The van der Waals surface area contributed by atoms with Gasteiger partial charge < -0.3 is 20.5 Å². The Morgan fingerprint density at radius 3 is 2.50 bits per heavy atom. The van der Waals surface area contributed by atoms with Crippen LogP contribution in [0.4, 0.5) is 5.00 Å². The number of ether oxygens (including phenoxy) is 2. The number of nitrogens with one attached hydrogen (secondary N) is 1. The number of primary amides is 1.